The van der Waals surface area contributed by atoms with Crippen LogP contribution in [0.5, 0.6) is 0 Å². The number of hydrogen-bond acceptors (Lipinski definition) is 6. The van der Waals surface area contributed by atoms with Crippen molar-refractivity contribution in [3.05, 3.63) is 27.4 Å². The fourth-order valence-corrected chi connectivity index (χ4v) is 16.3. The summed E-state index contributed by atoms with van der Waals surface area (Å²) in [7, 11) is -5.27. The molecule has 3 rings (SSSR count). The fourth-order valence-electron chi connectivity index (χ4n) is 4.96. The number of H-pyrrole nitrogens is 1. The van der Waals surface area contributed by atoms with Crippen molar-refractivity contribution in [2.24, 2.45) is 0 Å². The number of ether oxygens (including phenoxy) is 1. The molecular formula is C21H38N2O5SSi2. The van der Waals surface area contributed by atoms with Crippen LogP contribution in [0, 0.1) is 4.64 Å². The van der Waals surface area contributed by atoms with E-state index in [2.05, 4.69) is 60.4 Å². The highest BCUT2D eigenvalue weighted by Crippen LogP contribution is 2.48. The number of hydrogen-bond donors (Lipinski definition) is 1. The van der Waals surface area contributed by atoms with Crippen molar-refractivity contribution in [1.29, 1.82) is 0 Å². The van der Waals surface area contributed by atoms with Gasteiger partial charge in [0.05, 0.1) is 12.7 Å². The molecule has 0 amide bonds. The predicted octanol–water partition coefficient (Wildman–Crippen LogP) is 5.15. The van der Waals surface area contributed by atoms with Crippen LogP contribution in [-0.4, -0.2) is 45.5 Å². The Hall–Kier alpha value is -0.626. The number of aromatic nitrogens is 2. The molecule has 7 nitrogen and oxygen atoms in total. The third kappa shape index (κ3) is 4.57. The molecular weight excluding hydrogens is 448 g/mol. The second kappa shape index (κ2) is 9.32. The first-order chi connectivity index (χ1) is 14.4. The minimum Gasteiger partial charge on any atom is -0.414 e. The quantitative estimate of drug-likeness (QED) is 0.458. The Labute approximate surface area is 193 Å². The summed E-state index contributed by atoms with van der Waals surface area (Å²) in [6.07, 6.45) is 1.43. The number of fused-ring (bicyclic) bond motifs is 1. The molecule has 2 fully saturated rings. The average molecular weight is 487 g/mol. The highest BCUT2D eigenvalue weighted by atomic mass is 32.1. The molecule has 0 aromatic carbocycles. The molecule has 1 N–H and O–H groups in total. The monoisotopic (exact) mass is 486 g/mol. The van der Waals surface area contributed by atoms with Crippen molar-refractivity contribution in [2.45, 2.75) is 102 Å². The van der Waals surface area contributed by atoms with E-state index in [9.17, 15) is 4.79 Å². The van der Waals surface area contributed by atoms with Gasteiger partial charge in [-0.25, -0.2) is 4.79 Å². The summed E-state index contributed by atoms with van der Waals surface area (Å²) in [5, 5.41) is 0. The number of nitrogens with zero attached hydrogens (tertiary/aromatic N) is 1. The van der Waals surface area contributed by atoms with Crippen molar-refractivity contribution in [3.63, 3.8) is 0 Å². The molecule has 0 saturated carbocycles. The van der Waals surface area contributed by atoms with Gasteiger partial charge in [-0.15, -0.1) is 0 Å². The highest BCUT2D eigenvalue weighted by molar-refractivity contribution is 7.71. The summed E-state index contributed by atoms with van der Waals surface area (Å²) in [5.41, 5.74) is 0.813. The van der Waals surface area contributed by atoms with E-state index in [-0.39, 0.29) is 40.1 Å². The number of nitrogens with one attached hydrogen (secondary N) is 1. The largest absolute Gasteiger partial charge is 0.414 e. The maximum Gasteiger partial charge on any atom is 0.335 e. The second-order valence-electron chi connectivity index (χ2n) is 10.0. The van der Waals surface area contributed by atoms with E-state index in [0.29, 0.717) is 17.7 Å². The summed E-state index contributed by atoms with van der Waals surface area (Å²) >= 11 is 5.07. The van der Waals surface area contributed by atoms with Gasteiger partial charge in [0, 0.05) is 12.6 Å². The maximum atomic E-state index is 12.5. The lowest BCUT2D eigenvalue weighted by Crippen LogP contribution is -2.65. The summed E-state index contributed by atoms with van der Waals surface area (Å²) in [4.78, 5) is 15.2. The van der Waals surface area contributed by atoms with Gasteiger partial charge in [-0.1, -0.05) is 67.6 Å². The lowest BCUT2D eigenvalue weighted by molar-refractivity contribution is -0.0565. The van der Waals surface area contributed by atoms with Gasteiger partial charge in [0.15, 0.2) is 0 Å². The minimum atomic E-state index is -2.67. The van der Waals surface area contributed by atoms with Crippen molar-refractivity contribution < 1.29 is 17.7 Å². The van der Waals surface area contributed by atoms with Crippen LogP contribution in [0.4, 0.5) is 0 Å². The topological polar surface area (TPSA) is 74.7 Å². The van der Waals surface area contributed by atoms with Crippen molar-refractivity contribution >= 4 is 29.3 Å². The van der Waals surface area contributed by atoms with Gasteiger partial charge in [-0.3, -0.25) is 9.55 Å². The minimum absolute atomic E-state index is 0.178. The van der Waals surface area contributed by atoms with Gasteiger partial charge in [-0.2, -0.15) is 0 Å². The normalized spacial score (nSPS) is 28.2. The van der Waals surface area contributed by atoms with E-state index in [1.165, 1.54) is 0 Å². The molecule has 1 aromatic rings. The van der Waals surface area contributed by atoms with Crippen LogP contribution < -0.4 is 5.69 Å². The van der Waals surface area contributed by atoms with E-state index in [1.54, 1.807) is 16.8 Å². The van der Waals surface area contributed by atoms with Crippen molar-refractivity contribution in [1.82, 2.24) is 9.55 Å². The Bertz CT molecular complexity index is 869. The van der Waals surface area contributed by atoms with E-state index in [4.69, 9.17) is 29.9 Å². The first-order valence-electron chi connectivity index (χ1n) is 11.4. The Morgan fingerprint density at radius 3 is 2.10 bits per heavy atom. The van der Waals surface area contributed by atoms with E-state index in [0.717, 1.165) is 0 Å². The smallest absolute Gasteiger partial charge is 0.335 e. The zero-order chi connectivity index (χ0) is 23.1. The van der Waals surface area contributed by atoms with Gasteiger partial charge in [-0.05, 0) is 28.2 Å². The lowest BCUT2D eigenvalue weighted by atomic mass is 10.2. The van der Waals surface area contributed by atoms with Crippen LogP contribution in [0.2, 0.25) is 22.2 Å². The van der Waals surface area contributed by atoms with E-state index >= 15 is 0 Å². The Balaban J connectivity index is 2.02. The molecule has 3 atom stereocenters. The summed E-state index contributed by atoms with van der Waals surface area (Å²) in [6.45, 7) is 18.1. The summed E-state index contributed by atoms with van der Waals surface area (Å²) in [6, 6.07) is 1.71. The Morgan fingerprint density at radius 2 is 1.58 bits per heavy atom. The van der Waals surface area contributed by atoms with Gasteiger partial charge in [0.2, 0.25) is 0 Å². The summed E-state index contributed by atoms with van der Waals surface area (Å²) < 4.78 is 29.3. The van der Waals surface area contributed by atoms with Gasteiger partial charge in [0.25, 0.3) is 0 Å². The van der Waals surface area contributed by atoms with Crippen LogP contribution in [0.25, 0.3) is 0 Å². The lowest BCUT2D eigenvalue weighted by Gasteiger charge is -2.51. The van der Waals surface area contributed by atoms with Gasteiger partial charge in [0.1, 0.15) is 17.0 Å². The molecule has 2 saturated heterocycles. The van der Waals surface area contributed by atoms with E-state index in [1.807, 2.05) is 0 Å². The van der Waals surface area contributed by atoms with Gasteiger partial charge >= 0.3 is 22.8 Å². The zero-order valence-corrected chi connectivity index (χ0v) is 22.8. The number of aromatic amines is 1. The number of rotatable bonds is 5. The molecule has 10 heteroatoms. The first kappa shape index (κ1) is 25.0. The molecule has 0 bridgehead atoms. The molecule has 0 spiro atoms. The predicted molar refractivity (Wildman–Crippen MR) is 128 cm³/mol. The van der Waals surface area contributed by atoms with Crippen LogP contribution in [-0.2, 0) is 17.7 Å². The zero-order valence-electron chi connectivity index (χ0n) is 20.0. The molecule has 0 unspecified atom stereocenters. The SMILES string of the molecule is CC(C)[Si]1(C(C)C)OC[C@H]2O[C@@H](n3ccc(=S)[nH]c3=O)C[C@@H]2O[Si](C(C)C)(C(C)C)O1. The third-order valence-corrected chi connectivity index (χ3v) is 17.2. The molecule has 176 valence electrons. The van der Waals surface area contributed by atoms with Crippen molar-refractivity contribution in [3.8, 4) is 0 Å². The Morgan fingerprint density at radius 1 is 1.00 bits per heavy atom. The van der Waals surface area contributed by atoms with Crippen LogP contribution in [0.1, 0.15) is 68.0 Å². The molecule has 0 aliphatic carbocycles. The molecule has 2 aliphatic rings. The first-order valence-corrected chi connectivity index (χ1v) is 15.8. The Kier molecular flexibility index (Phi) is 7.52. The van der Waals surface area contributed by atoms with Crippen LogP contribution in [0.15, 0.2) is 17.1 Å². The van der Waals surface area contributed by atoms with Crippen molar-refractivity contribution in [2.75, 3.05) is 6.61 Å². The summed E-state index contributed by atoms with van der Waals surface area (Å²) in [5.74, 6) is 0. The second-order valence-corrected chi connectivity index (χ2v) is 19.3. The fraction of sp³-hybridized carbons (Fsp3) is 0.810. The van der Waals surface area contributed by atoms with Gasteiger partial charge < -0.3 is 17.7 Å². The molecule has 31 heavy (non-hydrogen) atoms. The average Bonchev–Trinajstić information content (AvgIpc) is 3.02. The molecule has 1 aromatic heterocycles. The molecule has 0 radical (unpaired) electrons. The third-order valence-electron chi connectivity index (χ3n) is 6.69. The molecule has 3 heterocycles. The molecule has 2 aliphatic heterocycles. The van der Waals surface area contributed by atoms with Crippen LogP contribution in [0.3, 0.4) is 0 Å². The standard InChI is InChI=1S/C21H38N2O5SSi2/c1-13(2)30(14(3)4)25-12-18-17(27-31(28-30,15(5)6)16(7)8)11-20(26-18)23-10-9-19(29)22-21(23)24/h9-10,13-18,20H,11-12H2,1-8H3,(H,22,24,29)/t17-,18+,20+/m0/s1. The highest BCUT2D eigenvalue weighted by Gasteiger charge is 2.60. The maximum absolute atomic E-state index is 12.5. The van der Waals surface area contributed by atoms with E-state index < -0.39 is 23.3 Å². The van der Waals surface area contributed by atoms with Crippen LogP contribution >= 0.6 is 12.2 Å².